The minimum absolute atomic E-state index is 0.155. The predicted octanol–water partition coefficient (Wildman–Crippen LogP) is 0.862. The minimum atomic E-state index is -3.48. The molecule has 22 heavy (non-hydrogen) atoms. The Morgan fingerprint density at radius 2 is 1.95 bits per heavy atom. The van der Waals surface area contributed by atoms with Gasteiger partial charge in [0.1, 0.15) is 0 Å². The normalized spacial score (nSPS) is 12.7. The summed E-state index contributed by atoms with van der Waals surface area (Å²) >= 11 is 0. The zero-order chi connectivity index (χ0) is 16.8. The summed E-state index contributed by atoms with van der Waals surface area (Å²) < 4.78 is 27.9. The number of anilines is 1. The molecule has 0 saturated heterocycles. The lowest BCUT2D eigenvalue weighted by molar-refractivity contribution is 0.555. The van der Waals surface area contributed by atoms with E-state index in [0.717, 1.165) is 11.3 Å². The van der Waals surface area contributed by atoms with E-state index in [9.17, 15) is 8.42 Å². The molecule has 1 aromatic carbocycles. The predicted molar refractivity (Wildman–Crippen MR) is 91.2 cm³/mol. The summed E-state index contributed by atoms with van der Waals surface area (Å²) in [6, 6.07) is 5.74. The van der Waals surface area contributed by atoms with Crippen molar-refractivity contribution in [3.05, 3.63) is 29.3 Å². The molecule has 0 spiro atoms. The smallest absolute Gasteiger partial charge is 0.277 e. The number of aliphatic imine (C=N–C) groups is 1. The third-order valence-corrected chi connectivity index (χ3v) is 4.22. The number of nitrogens with one attached hydrogen (secondary N) is 3. The van der Waals surface area contributed by atoms with Crippen molar-refractivity contribution in [2.45, 2.75) is 33.7 Å². The molecule has 8 heteroatoms. The van der Waals surface area contributed by atoms with Crippen LogP contribution in [0.3, 0.4) is 0 Å². The Balaban J connectivity index is 2.45. The lowest BCUT2D eigenvalue weighted by atomic mass is 10.1. The van der Waals surface area contributed by atoms with E-state index in [1.807, 2.05) is 32.0 Å². The maximum absolute atomic E-state index is 11.5. The van der Waals surface area contributed by atoms with Gasteiger partial charge in [-0.2, -0.15) is 13.1 Å². The fourth-order valence-electron chi connectivity index (χ4n) is 1.71. The highest BCUT2D eigenvalue weighted by molar-refractivity contribution is 7.87. The quantitative estimate of drug-likeness (QED) is 0.338. The zero-order valence-electron chi connectivity index (χ0n) is 13.5. The molecule has 0 bridgehead atoms. The van der Waals surface area contributed by atoms with Gasteiger partial charge in [0.15, 0.2) is 5.96 Å². The van der Waals surface area contributed by atoms with Crippen molar-refractivity contribution in [3.8, 4) is 0 Å². The SMILES string of the molecule is Cc1ccc(NC(N)=NCCNS(=O)(=O)NC(C)C)cc1C. The number of benzene rings is 1. The summed E-state index contributed by atoms with van der Waals surface area (Å²) in [5.74, 6) is 0.249. The van der Waals surface area contributed by atoms with Crippen LogP contribution >= 0.6 is 0 Å². The second-order valence-electron chi connectivity index (χ2n) is 5.36. The Bertz CT molecular complexity index is 626. The topological polar surface area (TPSA) is 109 Å². The number of rotatable bonds is 7. The van der Waals surface area contributed by atoms with Gasteiger partial charge in [0.2, 0.25) is 0 Å². The summed E-state index contributed by atoms with van der Waals surface area (Å²) in [4.78, 5) is 4.08. The Morgan fingerprint density at radius 3 is 2.55 bits per heavy atom. The van der Waals surface area contributed by atoms with Gasteiger partial charge in [-0.05, 0) is 51.0 Å². The largest absolute Gasteiger partial charge is 0.370 e. The molecular weight excluding hydrogens is 302 g/mol. The highest BCUT2D eigenvalue weighted by Crippen LogP contribution is 2.13. The van der Waals surface area contributed by atoms with Crippen molar-refractivity contribution in [2.75, 3.05) is 18.4 Å². The van der Waals surface area contributed by atoms with Crippen molar-refractivity contribution >= 4 is 21.9 Å². The monoisotopic (exact) mass is 327 g/mol. The first-order valence-electron chi connectivity index (χ1n) is 7.11. The second-order valence-corrected chi connectivity index (χ2v) is 6.89. The molecule has 0 aliphatic rings. The first-order valence-corrected chi connectivity index (χ1v) is 8.59. The summed E-state index contributed by atoms with van der Waals surface area (Å²) in [5, 5.41) is 2.97. The number of guanidine groups is 1. The summed E-state index contributed by atoms with van der Waals surface area (Å²) in [7, 11) is -3.48. The standard InChI is InChI=1S/C14H25N5O2S/c1-10(2)19-22(20,21)17-8-7-16-14(15)18-13-6-5-11(3)12(4)9-13/h5-6,9-10,17,19H,7-8H2,1-4H3,(H3,15,16,18). The fourth-order valence-corrected chi connectivity index (χ4v) is 2.78. The van der Waals surface area contributed by atoms with Crippen molar-refractivity contribution < 1.29 is 8.42 Å². The van der Waals surface area contributed by atoms with Crippen molar-refractivity contribution in [1.82, 2.24) is 9.44 Å². The van der Waals surface area contributed by atoms with Gasteiger partial charge in [-0.25, -0.2) is 4.72 Å². The number of hydrogen-bond acceptors (Lipinski definition) is 3. The third kappa shape index (κ3) is 6.88. The third-order valence-electron chi connectivity index (χ3n) is 2.86. The average Bonchev–Trinajstić information content (AvgIpc) is 2.37. The highest BCUT2D eigenvalue weighted by atomic mass is 32.2. The lowest BCUT2D eigenvalue weighted by Crippen LogP contribution is -2.41. The highest BCUT2D eigenvalue weighted by Gasteiger charge is 2.09. The van der Waals surface area contributed by atoms with Gasteiger partial charge in [0, 0.05) is 18.3 Å². The van der Waals surface area contributed by atoms with Crippen LogP contribution in [0.15, 0.2) is 23.2 Å². The van der Waals surface area contributed by atoms with Crippen LogP contribution in [0, 0.1) is 13.8 Å². The molecule has 1 aromatic rings. The number of aryl methyl sites for hydroxylation is 2. The van der Waals surface area contributed by atoms with E-state index in [4.69, 9.17) is 5.73 Å². The Morgan fingerprint density at radius 1 is 1.27 bits per heavy atom. The van der Waals surface area contributed by atoms with E-state index in [-0.39, 0.29) is 25.1 Å². The molecule has 0 atom stereocenters. The summed E-state index contributed by atoms with van der Waals surface area (Å²) in [6.45, 7) is 7.99. The number of nitrogens with zero attached hydrogens (tertiary/aromatic N) is 1. The molecule has 0 amide bonds. The molecule has 1 rings (SSSR count). The molecule has 5 N–H and O–H groups in total. The van der Waals surface area contributed by atoms with Crippen LogP contribution in [0.5, 0.6) is 0 Å². The van der Waals surface area contributed by atoms with Gasteiger partial charge in [0.05, 0.1) is 6.54 Å². The van der Waals surface area contributed by atoms with Crippen molar-refractivity contribution in [1.29, 1.82) is 0 Å². The van der Waals surface area contributed by atoms with Crippen LogP contribution in [-0.4, -0.2) is 33.5 Å². The van der Waals surface area contributed by atoms with E-state index in [2.05, 4.69) is 19.8 Å². The van der Waals surface area contributed by atoms with Crippen molar-refractivity contribution in [3.63, 3.8) is 0 Å². The zero-order valence-corrected chi connectivity index (χ0v) is 14.3. The van der Waals surface area contributed by atoms with Gasteiger partial charge in [-0.3, -0.25) is 4.99 Å². The molecule has 0 aliphatic carbocycles. The molecule has 0 radical (unpaired) electrons. The molecular formula is C14H25N5O2S. The molecule has 124 valence electrons. The fraction of sp³-hybridized carbons (Fsp3) is 0.500. The number of nitrogens with two attached hydrogens (primary N) is 1. The minimum Gasteiger partial charge on any atom is -0.370 e. The van der Waals surface area contributed by atoms with E-state index >= 15 is 0 Å². The van der Waals surface area contributed by atoms with E-state index in [1.165, 1.54) is 5.56 Å². The summed E-state index contributed by atoms with van der Waals surface area (Å²) in [6.07, 6.45) is 0. The van der Waals surface area contributed by atoms with Gasteiger partial charge in [-0.1, -0.05) is 6.07 Å². The van der Waals surface area contributed by atoms with E-state index in [1.54, 1.807) is 13.8 Å². The van der Waals surface area contributed by atoms with E-state index < -0.39 is 10.2 Å². The van der Waals surface area contributed by atoms with Crippen LogP contribution in [-0.2, 0) is 10.2 Å². The molecule has 0 fully saturated rings. The lowest BCUT2D eigenvalue weighted by Gasteiger charge is -2.10. The molecule has 0 unspecified atom stereocenters. The van der Waals surface area contributed by atoms with Gasteiger partial charge >= 0.3 is 0 Å². The second kappa shape index (κ2) is 8.11. The van der Waals surface area contributed by atoms with Crippen LogP contribution in [0.1, 0.15) is 25.0 Å². The Kier molecular flexibility index (Phi) is 6.79. The molecule has 0 heterocycles. The van der Waals surface area contributed by atoms with E-state index in [0.29, 0.717) is 0 Å². The molecule has 0 saturated carbocycles. The van der Waals surface area contributed by atoms with Gasteiger partial charge in [-0.15, -0.1) is 0 Å². The number of hydrogen-bond donors (Lipinski definition) is 4. The van der Waals surface area contributed by atoms with Gasteiger partial charge < -0.3 is 11.1 Å². The maximum Gasteiger partial charge on any atom is 0.277 e. The first kappa shape index (κ1) is 18.4. The maximum atomic E-state index is 11.5. The first-order chi connectivity index (χ1) is 10.2. The van der Waals surface area contributed by atoms with Crippen LogP contribution < -0.4 is 20.5 Å². The van der Waals surface area contributed by atoms with Crippen LogP contribution in [0.4, 0.5) is 5.69 Å². The van der Waals surface area contributed by atoms with Gasteiger partial charge in [0.25, 0.3) is 10.2 Å². The molecule has 0 aromatic heterocycles. The average molecular weight is 327 g/mol. The van der Waals surface area contributed by atoms with Crippen LogP contribution in [0.2, 0.25) is 0 Å². The molecule has 7 nitrogen and oxygen atoms in total. The summed E-state index contributed by atoms with van der Waals surface area (Å²) in [5.41, 5.74) is 8.98. The Labute approximate surface area is 132 Å². The van der Waals surface area contributed by atoms with Crippen molar-refractivity contribution in [2.24, 2.45) is 10.7 Å². The van der Waals surface area contributed by atoms with Crippen LogP contribution in [0.25, 0.3) is 0 Å². The molecule has 0 aliphatic heterocycles. The Hall–Kier alpha value is -1.64.